The van der Waals surface area contributed by atoms with Crippen LogP contribution in [0, 0.1) is 5.53 Å². The molecule has 0 spiro atoms. The highest BCUT2D eigenvalue weighted by Gasteiger charge is 2.17. The fraction of sp³-hybridized carbons (Fsp3) is 0.409. The molecular formula is C22H29N5O3. The van der Waals surface area contributed by atoms with Crippen molar-refractivity contribution in [3.05, 3.63) is 53.6 Å². The average molecular weight is 412 g/mol. The van der Waals surface area contributed by atoms with Crippen LogP contribution in [-0.2, 0) is 20.7 Å². The van der Waals surface area contributed by atoms with E-state index in [4.69, 9.17) is 16.0 Å². The second kappa shape index (κ2) is 12.3. The van der Waals surface area contributed by atoms with E-state index >= 15 is 0 Å². The van der Waals surface area contributed by atoms with Crippen molar-refractivity contribution in [3.8, 4) is 0 Å². The normalized spacial score (nSPS) is 14.6. The third-order valence-corrected chi connectivity index (χ3v) is 4.79. The maximum Gasteiger partial charge on any atom is 0.305 e. The summed E-state index contributed by atoms with van der Waals surface area (Å²) in [5, 5.41) is 8.79. The summed E-state index contributed by atoms with van der Waals surface area (Å²) in [6.45, 7) is 2.07. The molecule has 0 radical (unpaired) electrons. The van der Waals surface area contributed by atoms with Crippen LogP contribution in [0.5, 0.6) is 0 Å². The van der Waals surface area contributed by atoms with Crippen LogP contribution in [0.2, 0.25) is 0 Å². The number of amides is 1. The van der Waals surface area contributed by atoms with Crippen LogP contribution in [0.25, 0.3) is 5.57 Å². The summed E-state index contributed by atoms with van der Waals surface area (Å²) in [6, 6.07) is 8.08. The van der Waals surface area contributed by atoms with Gasteiger partial charge in [0.05, 0.1) is 6.61 Å². The number of amidine groups is 1. The fourth-order valence-electron chi connectivity index (χ4n) is 3.20. The van der Waals surface area contributed by atoms with Gasteiger partial charge in [-0.25, -0.2) is 0 Å². The van der Waals surface area contributed by atoms with E-state index in [0.717, 1.165) is 24.8 Å². The summed E-state index contributed by atoms with van der Waals surface area (Å²) in [5.41, 5.74) is 15.7. The van der Waals surface area contributed by atoms with Crippen molar-refractivity contribution < 1.29 is 14.3 Å². The molecule has 4 N–H and O–H groups in total. The molecule has 0 aliphatic heterocycles. The molecule has 1 aliphatic carbocycles. The lowest BCUT2D eigenvalue weighted by atomic mass is 9.96. The molecule has 1 atom stereocenters. The molecule has 0 aromatic heterocycles. The quantitative estimate of drug-likeness (QED) is 0.179. The molecule has 0 heterocycles. The molecule has 30 heavy (non-hydrogen) atoms. The van der Waals surface area contributed by atoms with Gasteiger partial charge in [-0.3, -0.25) is 9.59 Å². The van der Waals surface area contributed by atoms with Gasteiger partial charge < -0.3 is 15.8 Å². The number of benzene rings is 1. The average Bonchev–Trinajstić information content (AvgIpc) is 2.77. The Hall–Kier alpha value is -3.29. The number of carbonyl (C=O) groups excluding carboxylic acids is 2. The molecule has 1 aromatic carbocycles. The summed E-state index contributed by atoms with van der Waals surface area (Å²) < 4.78 is 4.97. The number of ether oxygens (including phenoxy) is 1. The molecule has 1 aliphatic rings. The van der Waals surface area contributed by atoms with Crippen LogP contribution < -0.4 is 11.1 Å². The Morgan fingerprint density at radius 3 is 2.63 bits per heavy atom. The van der Waals surface area contributed by atoms with E-state index in [9.17, 15) is 9.59 Å². The number of esters is 1. The Bertz CT molecular complexity index is 828. The first-order valence-electron chi connectivity index (χ1n) is 10.2. The summed E-state index contributed by atoms with van der Waals surface area (Å²) in [5.74, 6) is -1.30. The third-order valence-electron chi connectivity index (χ3n) is 4.79. The minimum Gasteiger partial charge on any atom is -0.466 e. The molecule has 1 aromatic rings. The predicted octanol–water partition coefficient (Wildman–Crippen LogP) is 3.48. The highest BCUT2D eigenvalue weighted by atomic mass is 16.5. The van der Waals surface area contributed by atoms with Gasteiger partial charge in [-0.15, -0.1) is 5.10 Å². The number of allylic oxidation sites excluding steroid dienone is 4. The van der Waals surface area contributed by atoms with Gasteiger partial charge in [0.1, 0.15) is 0 Å². The first-order chi connectivity index (χ1) is 14.5. The highest BCUT2D eigenvalue weighted by Crippen LogP contribution is 2.22. The molecule has 0 fully saturated rings. The van der Waals surface area contributed by atoms with E-state index < -0.39 is 5.91 Å². The lowest BCUT2D eigenvalue weighted by Crippen LogP contribution is -2.43. The van der Waals surface area contributed by atoms with E-state index in [1.165, 1.54) is 11.1 Å². The van der Waals surface area contributed by atoms with E-state index in [1.54, 1.807) is 6.92 Å². The van der Waals surface area contributed by atoms with Gasteiger partial charge in [0.2, 0.25) is 5.84 Å². The van der Waals surface area contributed by atoms with Crippen molar-refractivity contribution in [2.75, 3.05) is 6.61 Å². The number of hydrogen-bond donors (Lipinski definition) is 3. The molecule has 8 heteroatoms. The van der Waals surface area contributed by atoms with Gasteiger partial charge in [0.25, 0.3) is 5.91 Å². The largest absolute Gasteiger partial charge is 0.466 e. The van der Waals surface area contributed by atoms with Crippen LogP contribution >= 0.6 is 0 Å². The number of nitrogens with two attached hydrogens (primary N) is 1. The number of nitrogens with one attached hydrogen (secondary N) is 2. The zero-order chi connectivity index (χ0) is 21.8. The molecule has 2 rings (SSSR count). The van der Waals surface area contributed by atoms with Crippen LogP contribution in [-0.4, -0.2) is 30.4 Å². The Kier molecular flexibility index (Phi) is 9.44. The van der Waals surface area contributed by atoms with Crippen molar-refractivity contribution in [2.24, 2.45) is 16.1 Å². The van der Waals surface area contributed by atoms with Crippen molar-refractivity contribution in [2.45, 2.75) is 51.5 Å². The van der Waals surface area contributed by atoms with Crippen molar-refractivity contribution in [3.63, 3.8) is 0 Å². The first-order valence-corrected chi connectivity index (χ1v) is 10.2. The zero-order valence-electron chi connectivity index (χ0n) is 17.3. The van der Waals surface area contributed by atoms with Gasteiger partial charge in [-0.1, -0.05) is 47.7 Å². The van der Waals surface area contributed by atoms with Gasteiger partial charge >= 0.3 is 5.97 Å². The van der Waals surface area contributed by atoms with Crippen LogP contribution in [0.3, 0.4) is 0 Å². The van der Waals surface area contributed by atoms with Crippen molar-refractivity contribution in [1.82, 2.24) is 5.32 Å². The van der Waals surface area contributed by atoms with E-state index in [0.29, 0.717) is 19.4 Å². The Morgan fingerprint density at radius 2 is 2.00 bits per heavy atom. The van der Waals surface area contributed by atoms with Gasteiger partial charge in [0, 0.05) is 12.5 Å². The number of aryl methyl sites for hydroxylation is 1. The number of hydrogen-bond acceptors (Lipinski definition) is 5. The second-order valence-corrected chi connectivity index (χ2v) is 6.97. The van der Waals surface area contributed by atoms with E-state index in [1.807, 2.05) is 0 Å². The lowest BCUT2D eigenvalue weighted by Gasteiger charge is -2.18. The van der Waals surface area contributed by atoms with Crippen LogP contribution in [0.15, 0.2) is 52.8 Å². The molecule has 0 unspecified atom stereocenters. The minimum atomic E-state index is -0.605. The molecule has 0 saturated carbocycles. The van der Waals surface area contributed by atoms with Crippen LogP contribution in [0.4, 0.5) is 0 Å². The Morgan fingerprint density at radius 1 is 1.23 bits per heavy atom. The number of carbonyl (C=O) groups is 2. The summed E-state index contributed by atoms with van der Waals surface area (Å²) in [6.07, 6.45) is 10.7. The van der Waals surface area contributed by atoms with Crippen molar-refractivity contribution >= 4 is 23.3 Å². The van der Waals surface area contributed by atoms with Crippen molar-refractivity contribution in [1.29, 1.82) is 5.53 Å². The summed E-state index contributed by atoms with van der Waals surface area (Å²) in [7, 11) is 0. The smallest absolute Gasteiger partial charge is 0.305 e. The summed E-state index contributed by atoms with van der Waals surface area (Å²) in [4.78, 5) is 23.8. The lowest BCUT2D eigenvalue weighted by molar-refractivity contribution is -0.143. The topological polar surface area (TPSA) is 130 Å². The molecule has 8 nitrogen and oxygen atoms in total. The maximum absolute atomic E-state index is 12.1. The summed E-state index contributed by atoms with van der Waals surface area (Å²) >= 11 is 0. The van der Waals surface area contributed by atoms with E-state index in [-0.39, 0.29) is 24.3 Å². The zero-order valence-corrected chi connectivity index (χ0v) is 17.3. The molecule has 160 valence electrons. The number of nitrogens with zero attached hydrogens (tertiary/aromatic N) is 2. The number of rotatable bonds is 10. The Labute approximate surface area is 176 Å². The van der Waals surface area contributed by atoms with Crippen LogP contribution in [0.1, 0.15) is 50.2 Å². The first kappa shape index (κ1) is 23.0. The van der Waals surface area contributed by atoms with Gasteiger partial charge in [0.15, 0.2) is 0 Å². The standard InChI is InChI=1S/C22H29N5O3/c1-2-30-20(28)15-14-19(25-22(29)21(23)26-27-24)13-10-16-8-11-18(12-9-16)17-6-4-3-5-7-17/h4,6-9,11-12,19H,2-3,5,10,13-15H2,1H3,(H,25,29)(H3,23,24,26)/t19-/m1/s1. The van der Waals surface area contributed by atoms with Gasteiger partial charge in [-0.05, 0) is 55.7 Å². The fourth-order valence-corrected chi connectivity index (χ4v) is 3.20. The predicted molar refractivity (Wildman–Crippen MR) is 116 cm³/mol. The maximum atomic E-state index is 12.1. The molecule has 0 bridgehead atoms. The molecule has 0 saturated heterocycles. The highest BCUT2D eigenvalue weighted by molar-refractivity contribution is 6.37. The Balaban J connectivity index is 1.97. The third kappa shape index (κ3) is 7.62. The minimum absolute atomic E-state index is 0.193. The SMILES string of the molecule is CCOC(=O)CC[C@@H](CCc1ccc(C2=CCCC=C2)cc1)NC(=O)C(N)=NN=N. The molecule has 1 amide bonds. The monoisotopic (exact) mass is 411 g/mol. The molecular weight excluding hydrogens is 382 g/mol. The van der Waals surface area contributed by atoms with E-state index in [2.05, 4.69) is 58.1 Å². The van der Waals surface area contributed by atoms with Gasteiger partial charge in [-0.2, -0.15) is 5.53 Å². The second-order valence-electron chi connectivity index (χ2n) is 6.97.